The monoisotopic (exact) mass is 218 g/mol. The third-order valence-electron chi connectivity index (χ3n) is 4.64. The number of hydrogen-bond donors (Lipinski definition) is 2. The number of H-pyrrole nitrogens is 1. The van der Waals surface area contributed by atoms with E-state index in [1.165, 1.54) is 62.8 Å². The highest BCUT2D eigenvalue weighted by molar-refractivity contribution is 5.33. The zero-order valence-electron chi connectivity index (χ0n) is 10.0. The second-order valence-corrected chi connectivity index (χ2v) is 5.59. The number of aryl methyl sites for hydroxylation is 2. The van der Waals surface area contributed by atoms with Crippen LogP contribution >= 0.6 is 0 Å². The number of aromatic amines is 1. The SMILES string of the molecule is NCC1(c2cc3c([nH]2)CCCC3)CCCC1. The zero-order chi connectivity index (χ0) is 11.0. The molecule has 88 valence electrons. The molecule has 0 radical (unpaired) electrons. The van der Waals surface area contributed by atoms with Crippen LogP contribution < -0.4 is 5.73 Å². The van der Waals surface area contributed by atoms with Gasteiger partial charge in [0.15, 0.2) is 0 Å². The van der Waals surface area contributed by atoms with Gasteiger partial charge in [-0.1, -0.05) is 12.8 Å². The first-order valence-corrected chi connectivity index (χ1v) is 6.75. The van der Waals surface area contributed by atoms with Crippen molar-refractivity contribution >= 4 is 0 Å². The van der Waals surface area contributed by atoms with E-state index < -0.39 is 0 Å². The van der Waals surface area contributed by atoms with Crippen LogP contribution in [0.15, 0.2) is 6.07 Å². The summed E-state index contributed by atoms with van der Waals surface area (Å²) < 4.78 is 0. The van der Waals surface area contributed by atoms with Gasteiger partial charge in [-0.15, -0.1) is 0 Å². The Morgan fingerprint density at radius 1 is 1.12 bits per heavy atom. The Hall–Kier alpha value is -0.760. The summed E-state index contributed by atoms with van der Waals surface area (Å²) in [5, 5.41) is 0. The highest BCUT2D eigenvalue weighted by atomic mass is 14.8. The molecule has 1 aromatic heterocycles. The predicted molar refractivity (Wildman–Crippen MR) is 66.6 cm³/mol. The maximum absolute atomic E-state index is 6.04. The minimum Gasteiger partial charge on any atom is -0.362 e. The minimum absolute atomic E-state index is 0.289. The van der Waals surface area contributed by atoms with Gasteiger partial charge in [-0.3, -0.25) is 0 Å². The molecule has 1 saturated carbocycles. The molecule has 2 heteroatoms. The molecular formula is C14H22N2. The summed E-state index contributed by atoms with van der Waals surface area (Å²) in [6, 6.07) is 2.42. The smallest absolute Gasteiger partial charge is 0.0227 e. The van der Waals surface area contributed by atoms with Crippen molar-refractivity contribution in [3.05, 3.63) is 23.0 Å². The Kier molecular flexibility index (Phi) is 2.55. The molecule has 2 nitrogen and oxygen atoms in total. The van der Waals surface area contributed by atoms with Crippen molar-refractivity contribution in [2.45, 2.75) is 56.8 Å². The highest BCUT2D eigenvalue weighted by Crippen LogP contribution is 2.41. The van der Waals surface area contributed by atoms with Crippen LogP contribution in [0.2, 0.25) is 0 Å². The first-order valence-electron chi connectivity index (χ1n) is 6.75. The van der Waals surface area contributed by atoms with Gasteiger partial charge < -0.3 is 10.7 Å². The highest BCUT2D eigenvalue weighted by Gasteiger charge is 2.36. The van der Waals surface area contributed by atoms with Crippen molar-refractivity contribution in [1.29, 1.82) is 0 Å². The number of aromatic nitrogens is 1. The van der Waals surface area contributed by atoms with E-state index in [4.69, 9.17) is 5.73 Å². The van der Waals surface area contributed by atoms with Gasteiger partial charge in [-0.05, 0) is 50.2 Å². The molecule has 1 fully saturated rings. The molecule has 0 aliphatic heterocycles. The fourth-order valence-electron chi connectivity index (χ4n) is 3.52. The van der Waals surface area contributed by atoms with Crippen molar-refractivity contribution in [3.63, 3.8) is 0 Å². The van der Waals surface area contributed by atoms with Crippen LogP contribution in [0.1, 0.15) is 55.5 Å². The Bertz CT molecular complexity index is 349. The summed E-state index contributed by atoms with van der Waals surface area (Å²) in [5.74, 6) is 0. The van der Waals surface area contributed by atoms with E-state index in [-0.39, 0.29) is 5.41 Å². The summed E-state index contributed by atoms with van der Waals surface area (Å²) in [5.41, 5.74) is 10.8. The van der Waals surface area contributed by atoms with Crippen molar-refractivity contribution in [3.8, 4) is 0 Å². The van der Waals surface area contributed by atoms with Gasteiger partial charge in [-0.25, -0.2) is 0 Å². The lowest BCUT2D eigenvalue weighted by molar-refractivity contribution is 0.441. The van der Waals surface area contributed by atoms with Crippen LogP contribution in [0.5, 0.6) is 0 Å². The largest absolute Gasteiger partial charge is 0.362 e. The lowest BCUT2D eigenvalue weighted by Gasteiger charge is -2.26. The van der Waals surface area contributed by atoms with Gasteiger partial charge in [0.1, 0.15) is 0 Å². The van der Waals surface area contributed by atoms with E-state index in [1.54, 1.807) is 5.56 Å². The van der Waals surface area contributed by atoms with Gasteiger partial charge in [0.2, 0.25) is 0 Å². The Labute approximate surface area is 97.6 Å². The molecule has 0 atom stereocenters. The molecule has 1 aromatic rings. The van der Waals surface area contributed by atoms with Gasteiger partial charge in [0, 0.05) is 23.3 Å². The van der Waals surface area contributed by atoms with Crippen molar-refractivity contribution in [1.82, 2.24) is 4.98 Å². The van der Waals surface area contributed by atoms with Crippen molar-refractivity contribution in [2.24, 2.45) is 5.73 Å². The predicted octanol–water partition coefficient (Wildman–Crippen LogP) is 2.66. The van der Waals surface area contributed by atoms with Crippen LogP contribution in [0, 0.1) is 0 Å². The molecule has 0 unspecified atom stereocenters. The number of fused-ring (bicyclic) bond motifs is 1. The number of nitrogens with one attached hydrogen (secondary N) is 1. The number of rotatable bonds is 2. The fourth-order valence-corrected chi connectivity index (χ4v) is 3.52. The summed E-state index contributed by atoms with van der Waals surface area (Å²) in [4.78, 5) is 3.69. The molecule has 3 rings (SSSR count). The van der Waals surface area contributed by atoms with Crippen LogP contribution in [-0.4, -0.2) is 11.5 Å². The van der Waals surface area contributed by atoms with E-state index in [0.717, 1.165) is 6.54 Å². The van der Waals surface area contributed by atoms with Gasteiger partial charge >= 0.3 is 0 Å². The topological polar surface area (TPSA) is 41.8 Å². The standard InChI is InChI=1S/C14H22N2/c15-10-14(7-3-4-8-14)13-9-11-5-1-2-6-12(11)16-13/h9,16H,1-8,10,15H2. The molecular weight excluding hydrogens is 196 g/mol. The van der Waals surface area contributed by atoms with Crippen molar-refractivity contribution in [2.75, 3.05) is 6.54 Å². The van der Waals surface area contributed by atoms with Gasteiger partial charge in [-0.2, -0.15) is 0 Å². The van der Waals surface area contributed by atoms with Crippen LogP contribution in [0.25, 0.3) is 0 Å². The van der Waals surface area contributed by atoms with Crippen molar-refractivity contribution < 1.29 is 0 Å². The molecule has 16 heavy (non-hydrogen) atoms. The molecule has 0 bridgehead atoms. The molecule has 0 amide bonds. The van der Waals surface area contributed by atoms with Crippen LogP contribution in [0.3, 0.4) is 0 Å². The van der Waals surface area contributed by atoms with Crippen LogP contribution in [-0.2, 0) is 18.3 Å². The molecule has 2 aliphatic carbocycles. The van der Waals surface area contributed by atoms with Gasteiger partial charge in [0.25, 0.3) is 0 Å². The first-order chi connectivity index (χ1) is 7.84. The van der Waals surface area contributed by atoms with E-state index in [2.05, 4.69) is 11.1 Å². The second-order valence-electron chi connectivity index (χ2n) is 5.59. The summed E-state index contributed by atoms with van der Waals surface area (Å²) in [6.07, 6.45) is 10.5. The van der Waals surface area contributed by atoms with E-state index in [9.17, 15) is 0 Å². The van der Waals surface area contributed by atoms with Gasteiger partial charge in [0.05, 0.1) is 0 Å². The number of hydrogen-bond acceptors (Lipinski definition) is 1. The molecule has 1 heterocycles. The maximum Gasteiger partial charge on any atom is 0.0227 e. The second kappa shape index (κ2) is 3.92. The molecule has 3 N–H and O–H groups in total. The quantitative estimate of drug-likeness (QED) is 0.787. The first kappa shape index (κ1) is 10.4. The summed E-state index contributed by atoms with van der Waals surface area (Å²) in [7, 11) is 0. The summed E-state index contributed by atoms with van der Waals surface area (Å²) >= 11 is 0. The Morgan fingerprint density at radius 3 is 2.56 bits per heavy atom. The molecule has 0 aromatic carbocycles. The molecule has 0 saturated heterocycles. The molecule has 0 spiro atoms. The van der Waals surface area contributed by atoms with Crippen LogP contribution in [0.4, 0.5) is 0 Å². The lowest BCUT2D eigenvalue weighted by atomic mass is 9.82. The average Bonchev–Trinajstić information content (AvgIpc) is 2.96. The summed E-state index contributed by atoms with van der Waals surface area (Å²) in [6.45, 7) is 0.812. The minimum atomic E-state index is 0.289. The number of nitrogens with two attached hydrogens (primary N) is 1. The third kappa shape index (κ3) is 1.51. The average molecular weight is 218 g/mol. The fraction of sp³-hybridized carbons (Fsp3) is 0.714. The van der Waals surface area contributed by atoms with E-state index in [1.807, 2.05) is 0 Å². The third-order valence-corrected chi connectivity index (χ3v) is 4.64. The van der Waals surface area contributed by atoms with E-state index in [0.29, 0.717) is 0 Å². The maximum atomic E-state index is 6.04. The Morgan fingerprint density at radius 2 is 1.88 bits per heavy atom. The van der Waals surface area contributed by atoms with E-state index >= 15 is 0 Å². The normalized spacial score (nSPS) is 23.3. The zero-order valence-corrected chi connectivity index (χ0v) is 10.0. The molecule has 2 aliphatic rings. The Balaban J connectivity index is 1.96. The lowest BCUT2D eigenvalue weighted by Crippen LogP contribution is -2.32.